The number of hydrogen-bond donors (Lipinski definition) is 3. The molecule has 1 aromatic rings. The highest BCUT2D eigenvalue weighted by molar-refractivity contribution is 5.97. The second-order valence-electron chi connectivity index (χ2n) is 3.42. The molecule has 0 aliphatic heterocycles. The summed E-state index contributed by atoms with van der Waals surface area (Å²) in [6.45, 7) is 1.61. The van der Waals surface area contributed by atoms with E-state index in [1.807, 2.05) is 0 Å². The van der Waals surface area contributed by atoms with Gasteiger partial charge in [0.2, 0.25) is 11.8 Å². The standard InChI is InChI=1S/C9H12N4O4/c1-4-2-6(13-17-4)9(16)12-5(8(11)15)3-7(10)14/h2,5H,3H2,1H3,(H2,10,14)(H2,11,15)(H,12,16)/t5-/m0/s1. The molecule has 0 saturated carbocycles. The number of nitrogens with one attached hydrogen (secondary N) is 1. The van der Waals surface area contributed by atoms with Crippen LogP contribution >= 0.6 is 0 Å². The molecule has 0 aliphatic carbocycles. The molecular weight excluding hydrogens is 228 g/mol. The monoisotopic (exact) mass is 240 g/mol. The van der Waals surface area contributed by atoms with Crippen LogP contribution in [0.2, 0.25) is 0 Å². The average Bonchev–Trinajstić information content (AvgIpc) is 2.63. The van der Waals surface area contributed by atoms with Crippen molar-refractivity contribution in [3.63, 3.8) is 0 Å². The summed E-state index contributed by atoms with van der Waals surface area (Å²) in [7, 11) is 0. The van der Waals surface area contributed by atoms with E-state index in [1.165, 1.54) is 6.07 Å². The van der Waals surface area contributed by atoms with Gasteiger partial charge >= 0.3 is 0 Å². The molecule has 0 aromatic carbocycles. The summed E-state index contributed by atoms with van der Waals surface area (Å²) in [4.78, 5) is 33.2. The maximum atomic E-state index is 11.6. The fraction of sp³-hybridized carbons (Fsp3) is 0.333. The van der Waals surface area contributed by atoms with Crippen molar-refractivity contribution < 1.29 is 18.9 Å². The molecule has 1 atom stereocenters. The Morgan fingerprint density at radius 3 is 2.53 bits per heavy atom. The summed E-state index contributed by atoms with van der Waals surface area (Å²) >= 11 is 0. The summed E-state index contributed by atoms with van der Waals surface area (Å²) in [5.74, 6) is -1.81. The normalized spacial score (nSPS) is 11.8. The largest absolute Gasteiger partial charge is 0.370 e. The lowest BCUT2D eigenvalue weighted by Crippen LogP contribution is -2.46. The van der Waals surface area contributed by atoms with Gasteiger partial charge in [0.25, 0.3) is 5.91 Å². The van der Waals surface area contributed by atoms with Gasteiger partial charge in [0.15, 0.2) is 5.69 Å². The Morgan fingerprint density at radius 1 is 1.47 bits per heavy atom. The Balaban J connectivity index is 2.70. The third-order valence-electron chi connectivity index (χ3n) is 1.91. The zero-order valence-electron chi connectivity index (χ0n) is 9.10. The molecule has 92 valence electrons. The number of aromatic nitrogens is 1. The highest BCUT2D eigenvalue weighted by Crippen LogP contribution is 2.02. The lowest BCUT2D eigenvalue weighted by molar-refractivity contribution is -0.124. The van der Waals surface area contributed by atoms with Gasteiger partial charge in [0.05, 0.1) is 6.42 Å². The quantitative estimate of drug-likeness (QED) is 0.570. The highest BCUT2D eigenvalue weighted by Gasteiger charge is 2.22. The third-order valence-corrected chi connectivity index (χ3v) is 1.91. The molecule has 17 heavy (non-hydrogen) atoms. The maximum absolute atomic E-state index is 11.6. The molecule has 1 rings (SSSR count). The van der Waals surface area contributed by atoms with Gasteiger partial charge in [-0.15, -0.1) is 0 Å². The van der Waals surface area contributed by atoms with E-state index in [0.29, 0.717) is 5.76 Å². The topological polar surface area (TPSA) is 141 Å². The van der Waals surface area contributed by atoms with E-state index in [9.17, 15) is 14.4 Å². The summed E-state index contributed by atoms with van der Waals surface area (Å²) in [6, 6.07) is 0.231. The van der Waals surface area contributed by atoms with Crippen LogP contribution in [0.3, 0.4) is 0 Å². The van der Waals surface area contributed by atoms with Crippen molar-refractivity contribution >= 4 is 17.7 Å². The first kappa shape index (κ1) is 12.7. The minimum absolute atomic E-state index is 0.00165. The number of carbonyl (C=O) groups excluding carboxylic acids is 3. The summed E-state index contributed by atoms with van der Waals surface area (Å²) in [5.41, 5.74) is 9.93. The van der Waals surface area contributed by atoms with E-state index in [2.05, 4.69) is 10.5 Å². The number of rotatable bonds is 5. The molecule has 5 N–H and O–H groups in total. The van der Waals surface area contributed by atoms with E-state index in [-0.39, 0.29) is 12.1 Å². The Labute approximate surface area is 96.3 Å². The Kier molecular flexibility index (Phi) is 3.81. The van der Waals surface area contributed by atoms with Gasteiger partial charge in [-0.1, -0.05) is 5.16 Å². The second kappa shape index (κ2) is 5.10. The maximum Gasteiger partial charge on any atom is 0.274 e. The predicted molar refractivity (Wildman–Crippen MR) is 55.5 cm³/mol. The fourth-order valence-electron chi connectivity index (χ4n) is 1.13. The molecule has 1 aromatic heterocycles. The van der Waals surface area contributed by atoms with Gasteiger partial charge in [0.1, 0.15) is 11.8 Å². The number of hydrogen-bond acceptors (Lipinski definition) is 5. The zero-order valence-corrected chi connectivity index (χ0v) is 9.10. The number of aryl methyl sites for hydroxylation is 1. The van der Waals surface area contributed by atoms with Crippen LogP contribution in [0.25, 0.3) is 0 Å². The first-order chi connectivity index (χ1) is 7.90. The fourth-order valence-corrected chi connectivity index (χ4v) is 1.13. The summed E-state index contributed by atoms with van der Waals surface area (Å²) in [6.07, 6.45) is -0.363. The van der Waals surface area contributed by atoms with Crippen LogP contribution in [0.5, 0.6) is 0 Å². The van der Waals surface area contributed by atoms with Crippen molar-refractivity contribution in [1.82, 2.24) is 10.5 Å². The lowest BCUT2D eigenvalue weighted by atomic mass is 10.2. The molecule has 8 nitrogen and oxygen atoms in total. The lowest BCUT2D eigenvalue weighted by Gasteiger charge is -2.12. The van der Waals surface area contributed by atoms with Crippen molar-refractivity contribution in [1.29, 1.82) is 0 Å². The third kappa shape index (κ3) is 3.59. The molecule has 0 spiro atoms. The SMILES string of the molecule is Cc1cc(C(=O)N[C@@H](CC(N)=O)C(N)=O)no1. The number of primary amides is 2. The van der Waals surface area contributed by atoms with Crippen LogP contribution in [0.4, 0.5) is 0 Å². The molecule has 0 saturated heterocycles. The first-order valence-electron chi connectivity index (χ1n) is 4.72. The van der Waals surface area contributed by atoms with Crippen molar-refractivity contribution in [2.45, 2.75) is 19.4 Å². The number of amides is 3. The molecular formula is C9H12N4O4. The first-order valence-corrected chi connectivity index (χ1v) is 4.72. The van der Waals surface area contributed by atoms with Crippen LogP contribution in [0, 0.1) is 6.92 Å². The Morgan fingerprint density at radius 2 is 2.12 bits per heavy atom. The van der Waals surface area contributed by atoms with E-state index in [4.69, 9.17) is 16.0 Å². The summed E-state index contributed by atoms with van der Waals surface area (Å²) < 4.78 is 4.69. The molecule has 0 bridgehead atoms. The molecule has 0 fully saturated rings. The minimum atomic E-state index is -1.16. The van der Waals surface area contributed by atoms with E-state index in [0.717, 1.165) is 0 Å². The molecule has 1 heterocycles. The van der Waals surface area contributed by atoms with E-state index < -0.39 is 23.8 Å². The smallest absolute Gasteiger partial charge is 0.274 e. The van der Waals surface area contributed by atoms with Crippen LogP contribution in [0.15, 0.2) is 10.6 Å². The van der Waals surface area contributed by atoms with Gasteiger partial charge in [-0.2, -0.15) is 0 Å². The minimum Gasteiger partial charge on any atom is -0.370 e. The average molecular weight is 240 g/mol. The van der Waals surface area contributed by atoms with Crippen LogP contribution < -0.4 is 16.8 Å². The van der Waals surface area contributed by atoms with E-state index >= 15 is 0 Å². The van der Waals surface area contributed by atoms with Crippen molar-refractivity contribution in [3.8, 4) is 0 Å². The molecule has 0 unspecified atom stereocenters. The molecule has 8 heteroatoms. The zero-order chi connectivity index (χ0) is 13.0. The van der Waals surface area contributed by atoms with Crippen LogP contribution in [-0.4, -0.2) is 28.9 Å². The van der Waals surface area contributed by atoms with Crippen LogP contribution in [0.1, 0.15) is 22.7 Å². The van der Waals surface area contributed by atoms with Crippen molar-refractivity contribution in [3.05, 3.63) is 17.5 Å². The van der Waals surface area contributed by atoms with Gasteiger partial charge in [-0.25, -0.2) is 0 Å². The molecule has 0 aliphatic rings. The number of nitrogens with two attached hydrogens (primary N) is 2. The predicted octanol–water partition coefficient (Wildman–Crippen LogP) is -1.56. The van der Waals surface area contributed by atoms with Crippen molar-refractivity contribution in [2.24, 2.45) is 11.5 Å². The summed E-state index contributed by atoms with van der Waals surface area (Å²) in [5, 5.41) is 5.69. The van der Waals surface area contributed by atoms with Gasteiger partial charge in [0, 0.05) is 6.07 Å². The van der Waals surface area contributed by atoms with Gasteiger partial charge < -0.3 is 21.3 Å². The van der Waals surface area contributed by atoms with Crippen molar-refractivity contribution in [2.75, 3.05) is 0 Å². The Hall–Kier alpha value is -2.38. The Bertz CT molecular complexity index is 454. The number of carbonyl (C=O) groups is 3. The second-order valence-corrected chi connectivity index (χ2v) is 3.42. The van der Waals surface area contributed by atoms with Gasteiger partial charge in [-0.3, -0.25) is 14.4 Å². The van der Waals surface area contributed by atoms with Gasteiger partial charge in [-0.05, 0) is 6.92 Å². The van der Waals surface area contributed by atoms with Crippen LogP contribution in [-0.2, 0) is 9.59 Å². The highest BCUT2D eigenvalue weighted by atomic mass is 16.5. The molecule has 3 amide bonds. The molecule has 0 radical (unpaired) electrons. The number of nitrogens with zero attached hydrogens (tertiary/aromatic N) is 1. The van der Waals surface area contributed by atoms with E-state index in [1.54, 1.807) is 6.92 Å².